The van der Waals surface area contributed by atoms with Gasteiger partial charge in [-0.2, -0.15) is 0 Å². The van der Waals surface area contributed by atoms with Crippen molar-refractivity contribution in [3.63, 3.8) is 0 Å². The molecule has 0 fully saturated rings. The van der Waals surface area contributed by atoms with Gasteiger partial charge >= 0.3 is 0 Å². The van der Waals surface area contributed by atoms with Crippen LogP contribution in [-0.2, 0) is 14.4 Å². The van der Waals surface area contributed by atoms with Crippen LogP contribution < -0.4 is 20.9 Å². The minimum Gasteiger partial charge on any atom is -0.481 e. The van der Waals surface area contributed by atoms with Crippen LogP contribution >= 0.6 is 0 Å². The second-order valence-electron chi connectivity index (χ2n) is 6.98. The summed E-state index contributed by atoms with van der Waals surface area (Å²) in [5.41, 5.74) is 8.41. The molecule has 7 heteroatoms. The zero-order valence-corrected chi connectivity index (χ0v) is 17.2. The second-order valence-corrected chi connectivity index (χ2v) is 6.98. The van der Waals surface area contributed by atoms with E-state index < -0.39 is 17.9 Å². The summed E-state index contributed by atoms with van der Waals surface area (Å²) < 4.78 is 5.52. The summed E-state index contributed by atoms with van der Waals surface area (Å²) in [6.07, 6.45) is -0.833. The molecule has 2 aromatic rings. The third-order valence-corrected chi connectivity index (χ3v) is 4.27. The first kappa shape index (κ1) is 21.9. The van der Waals surface area contributed by atoms with Crippen molar-refractivity contribution in [1.29, 1.82) is 0 Å². The maximum Gasteiger partial charge on any atom is 0.279 e. The number of anilines is 1. The molecule has 0 saturated carbocycles. The van der Waals surface area contributed by atoms with Crippen LogP contribution in [0.1, 0.15) is 36.5 Å². The molecule has 0 bridgehead atoms. The zero-order valence-electron chi connectivity index (χ0n) is 17.2. The highest BCUT2D eigenvalue weighted by Gasteiger charge is 2.16. The molecule has 0 heterocycles. The van der Waals surface area contributed by atoms with Crippen molar-refractivity contribution >= 4 is 23.4 Å². The van der Waals surface area contributed by atoms with Crippen LogP contribution in [-0.4, -0.2) is 23.8 Å². The molecule has 3 N–H and O–H groups in total. The minimum atomic E-state index is -0.786. The molecule has 0 unspecified atom stereocenters. The van der Waals surface area contributed by atoms with Gasteiger partial charge in [-0.05, 0) is 57.0 Å². The molecular formula is C22H27N3O4. The molecule has 0 aromatic heterocycles. The van der Waals surface area contributed by atoms with Gasteiger partial charge in [-0.15, -0.1) is 0 Å². The Morgan fingerprint density at radius 1 is 0.862 bits per heavy atom. The van der Waals surface area contributed by atoms with E-state index in [0.717, 1.165) is 22.4 Å². The number of carbonyl (C=O) groups excluding carboxylic acids is 3. The molecule has 0 aliphatic carbocycles. The van der Waals surface area contributed by atoms with Gasteiger partial charge < -0.3 is 10.1 Å². The minimum absolute atomic E-state index is 0.00447. The van der Waals surface area contributed by atoms with Crippen molar-refractivity contribution in [3.05, 3.63) is 59.2 Å². The summed E-state index contributed by atoms with van der Waals surface area (Å²) in [6.45, 7) is 7.38. The van der Waals surface area contributed by atoms with E-state index in [1.165, 1.54) is 0 Å². The number of carbonyl (C=O) groups is 3. The van der Waals surface area contributed by atoms with Crippen LogP contribution in [0.2, 0.25) is 0 Å². The van der Waals surface area contributed by atoms with Gasteiger partial charge in [0.05, 0.1) is 0 Å². The zero-order chi connectivity index (χ0) is 21.4. The Morgan fingerprint density at radius 2 is 1.48 bits per heavy atom. The third-order valence-electron chi connectivity index (χ3n) is 4.27. The van der Waals surface area contributed by atoms with Crippen LogP contribution in [0, 0.1) is 20.8 Å². The lowest BCUT2D eigenvalue weighted by Crippen LogP contribution is -2.47. The highest BCUT2D eigenvalue weighted by molar-refractivity contribution is 5.94. The van der Waals surface area contributed by atoms with Gasteiger partial charge in [-0.3, -0.25) is 25.2 Å². The van der Waals surface area contributed by atoms with E-state index in [1.54, 1.807) is 19.1 Å². The van der Waals surface area contributed by atoms with Crippen LogP contribution in [0.3, 0.4) is 0 Å². The van der Waals surface area contributed by atoms with Crippen LogP contribution in [0.5, 0.6) is 5.75 Å². The van der Waals surface area contributed by atoms with Gasteiger partial charge in [0.2, 0.25) is 11.8 Å². The van der Waals surface area contributed by atoms with Crippen LogP contribution in [0.15, 0.2) is 42.5 Å². The van der Waals surface area contributed by atoms with Gasteiger partial charge in [0.15, 0.2) is 6.10 Å². The molecule has 7 nitrogen and oxygen atoms in total. The lowest BCUT2D eigenvalue weighted by atomic mass is 10.1. The van der Waals surface area contributed by atoms with Gasteiger partial charge in [-0.1, -0.05) is 29.8 Å². The summed E-state index contributed by atoms with van der Waals surface area (Å²) >= 11 is 0. The molecule has 0 saturated heterocycles. The molecule has 1 atom stereocenters. The Kier molecular flexibility index (Phi) is 7.77. The fourth-order valence-electron chi connectivity index (χ4n) is 2.48. The molecule has 0 spiro atoms. The van der Waals surface area contributed by atoms with Crippen molar-refractivity contribution in [2.45, 2.75) is 46.6 Å². The lowest BCUT2D eigenvalue weighted by Gasteiger charge is -2.15. The Bertz CT molecular complexity index is 878. The maximum absolute atomic E-state index is 12.1. The van der Waals surface area contributed by atoms with Crippen molar-refractivity contribution in [2.75, 3.05) is 5.32 Å². The molecule has 0 radical (unpaired) electrons. The second kappa shape index (κ2) is 10.3. The van der Waals surface area contributed by atoms with E-state index in [0.29, 0.717) is 5.75 Å². The quantitative estimate of drug-likeness (QED) is 0.626. The van der Waals surface area contributed by atoms with Gasteiger partial charge in [0.25, 0.3) is 5.91 Å². The molecule has 2 aromatic carbocycles. The summed E-state index contributed by atoms with van der Waals surface area (Å²) in [7, 11) is 0. The molecule has 29 heavy (non-hydrogen) atoms. The summed E-state index contributed by atoms with van der Waals surface area (Å²) in [6, 6.07) is 13.1. The van der Waals surface area contributed by atoms with Crippen molar-refractivity contribution in [2.24, 2.45) is 0 Å². The Hall–Kier alpha value is -3.35. The number of amides is 3. The van der Waals surface area contributed by atoms with E-state index in [4.69, 9.17) is 4.74 Å². The molecule has 0 aliphatic heterocycles. The smallest absolute Gasteiger partial charge is 0.279 e. The Balaban J connectivity index is 1.71. The van der Waals surface area contributed by atoms with Crippen LogP contribution in [0.4, 0.5) is 5.69 Å². The average Bonchev–Trinajstić information content (AvgIpc) is 2.69. The summed E-state index contributed by atoms with van der Waals surface area (Å²) in [4.78, 5) is 36.0. The normalized spacial score (nSPS) is 11.3. The van der Waals surface area contributed by atoms with E-state index in [9.17, 15) is 14.4 Å². The highest BCUT2D eigenvalue weighted by Crippen LogP contribution is 2.16. The number of hydrogen-bond acceptors (Lipinski definition) is 4. The third kappa shape index (κ3) is 7.29. The van der Waals surface area contributed by atoms with Crippen molar-refractivity contribution in [1.82, 2.24) is 10.9 Å². The van der Waals surface area contributed by atoms with E-state index >= 15 is 0 Å². The standard InChI is InChI=1S/C22H27N3O4/c1-14-6-9-18(10-7-14)29-17(4)22(28)25-24-21(27)12-11-20(26)23-19-13-15(2)5-8-16(19)3/h5-10,13,17H,11-12H2,1-4H3,(H,23,26)(H,24,27)(H,25,28)/t17-/m1/s1. The Morgan fingerprint density at radius 3 is 2.17 bits per heavy atom. The average molecular weight is 397 g/mol. The predicted octanol–water partition coefficient (Wildman–Crippen LogP) is 2.95. The highest BCUT2D eigenvalue weighted by atomic mass is 16.5. The van der Waals surface area contributed by atoms with Gasteiger partial charge in [0, 0.05) is 18.5 Å². The fraction of sp³-hybridized carbons (Fsp3) is 0.318. The molecule has 154 valence electrons. The van der Waals surface area contributed by atoms with Gasteiger partial charge in [0.1, 0.15) is 5.75 Å². The predicted molar refractivity (Wildman–Crippen MR) is 111 cm³/mol. The van der Waals surface area contributed by atoms with E-state index in [-0.39, 0.29) is 18.7 Å². The Labute approximate surface area is 170 Å². The monoisotopic (exact) mass is 397 g/mol. The number of ether oxygens (including phenoxy) is 1. The number of hydrogen-bond donors (Lipinski definition) is 3. The molecule has 0 aliphatic rings. The SMILES string of the molecule is Cc1ccc(O[C@H](C)C(=O)NNC(=O)CCC(=O)Nc2cc(C)ccc2C)cc1. The number of nitrogens with one attached hydrogen (secondary N) is 3. The van der Waals surface area contributed by atoms with Crippen LogP contribution in [0.25, 0.3) is 0 Å². The largest absolute Gasteiger partial charge is 0.481 e. The molecular weight excluding hydrogens is 370 g/mol. The number of aryl methyl sites for hydroxylation is 3. The van der Waals surface area contributed by atoms with Gasteiger partial charge in [-0.25, -0.2) is 0 Å². The number of benzene rings is 2. The number of hydrazine groups is 1. The summed E-state index contributed by atoms with van der Waals surface area (Å²) in [5, 5.41) is 2.79. The van der Waals surface area contributed by atoms with E-state index in [1.807, 2.05) is 51.1 Å². The number of rotatable bonds is 7. The first-order valence-electron chi connectivity index (χ1n) is 9.43. The van der Waals surface area contributed by atoms with Crippen molar-refractivity contribution < 1.29 is 19.1 Å². The first-order chi connectivity index (χ1) is 13.7. The lowest BCUT2D eigenvalue weighted by molar-refractivity contribution is -0.133. The molecule has 2 rings (SSSR count). The molecule has 3 amide bonds. The maximum atomic E-state index is 12.1. The topological polar surface area (TPSA) is 96.5 Å². The van der Waals surface area contributed by atoms with E-state index in [2.05, 4.69) is 16.2 Å². The van der Waals surface area contributed by atoms with Crippen molar-refractivity contribution in [3.8, 4) is 5.75 Å². The fourth-order valence-corrected chi connectivity index (χ4v) is 2.48. The summed E-state index contributed by atoms with van der Waals surface area (Å²) in [5.74, 6) is -0.653. The first-order valence-corrected chi connectivity index (χ1v) is 9.43.